The van der Waals surface area contributed by atoms with Crippen molar-refractivity contribution in [1.82, 2.24) is 15.1 Å². The van der Waals surface area contributed by atoms with E-state index in [1.807, 2.05) is 18.2 Å². The van der Waals surface area contributed by atoms with Gasteiger partial charge >= 0.3 is 18.1 Å². The summed E-state index contributed by atoms with van der Waals surface area (Å²) in [5.41, 5.74) is 0.812. The lowest BCUT2D eigenvalue weighted by Crippen LogP contribution is -2.70. The standard InChI is InChI=1S/C16H17N3O6/c20-13-11(17-15(23)25-9-10-4-2-1-3-5-10)8-19(13)16(24)18-7-6-12(18)14(21)22/h1-5,11-12H,6-9H2,(H,17,23)(H,21,22)/t11-,12?/m0/s1. The zero-order valence-electron chi connectivity index (χ0n) is 13.3. The number of urea groups is 1. The number of rotatable bonds is 4. The number of amides is 4. The van der Waals surface area contributed by atoms with Crippen LogP contribution < -0.4 is 5.32 Å². The van der Waals surface area contributed by atoms with E-state index in [1.165, 1.54) is 0 Å². The number of carbonyl (C=O) groups excluding carboxylic acids is 3. The summed E-state index contributed by atoms with van der Waals surface area (Å²) in [4.78, 5) is 48.8. The molecule has 0 saturated carbocycles. The van der Waals surface area contributed by atoms with Gasteiger partial charge in [-0.3, -0.25) is 9.69 Å². The third kappa shape index (κ3) is 3.39. The molecule has 0 aliphatic carbocycles. The van der Waals surface area contributed by atoms with E-state index in [2.05, 4.69) is 5.32 Å². The van der Waals surface area contributed by atoms with Crippen LogP contribution in [0.25, 0.3) is 0 Å². The molecule has 2 fully saturated rings. The van der Waals surface area contributed by atoms with Crippen LogP contribution in [0.4, 0.5) is 9.59 Å². The Kier molecular flexibility index (Phi) is 4.55. The van der Waals surface area contributed by atoms with E-state index in [0.29, 0.717) is 13.0 Å². The van der Waals surface area contributed by atoms with Gasteiger partial charge in [0.05, 0.1) is 6.54 Å². The van der Waals surface area contributed by atoms with Crippen molar-refractivity contribution in [2.45, 2.75) is 25.1 Å². The summed E-state index contributed by atoms with van der Waals surface area (Å²) in [7, 11) is 0. The van der Waals surface area contributed by atoms with E-state index in [0.717, 1.165) is 15.4 Å². The summed E-state index contributed by atoms with van der Waals surface area (Å²) in [5, 5.41) is 11.3. The topological polar surface area (TPSA) is 116 Å². The molecule has 1 unspecified atom stereocenters. The number of ether oxygens (including phenoxy) is 1. The van der Waals surface area contributed by atoms with Crippen molar-refractivity contribution in [3.05, 3.63) is 35.9 Å². The number of likely N-dealkylation sites (tertiary alicyclic amines) is 2. The minimum absolute atomic E-state index is 0.000935. The number of β-lactam (4-membered cyclic amide) rings is 1. The van der Waals surface area contributed by atoms with Gasteiger partial charge in [-0.05, 0) is 12.0 Å². The predicted octanol–water partition coefficient (Wildman–Crippen LogP) is 0.403. The number of nitrogens with one attached hydrogen (secondary N) is 1. The molecule has 3 rings (SSSR count). The van der Waals surface area contributed by atoms with E-state index in [9.17, 15) is 19.2 Å². The number of hydrogen-bond acceptors (Lipinski definition) is 5. The fraction of sp³-hybridized carbons (Fsp3) is 0.375. The zero-order valence-corrected chi connectivity index (χ0v) is 13.3. The van der Waals surface area contributed by atoms with Crippen molar-refractivity contribution in [3.8, 4) is 0 Å². The van der Waals surface area contributed by atoms with Gasteiger partial charge in [0.1, 0.15) is 18.7 Å². The molecule has 132 valence electrons. The minimum atomic E-state index is -1.09. The van der Waals surface area contributed by atoms with Gasteiger partial charge in [0.2, 0.25) is 0 Å². The average Bonchev–Trinajstić information content (AvgIpc) is 2.55. The molecule has 1 aromatic carbocycles. The lowest BCUT2D eigenvalue weighted by atomic mass is 10.0. The van der Waals surface area contributed by atoms with Crippen LogP contribution in [0.2, 0.25) is 0 Å². The van der Waals surface area contributed by atoms with Crippen molar-refractivity contribution in [2.24, 2.45) is 0 Å². The van der Waals surface area contributed by atoms with Gasteiger partial charge in [-0.25, -0.2) is 14.4 Å². The number of benzene rings is 1. The fourth-order valence-electron chi connectivity index (χ4n) is 2.64. The Labute approximate surface area is 143 Å². The van der Waals surface area contributed by atoms with Gasteiger partial charge < -0.3 is 20.1 Å². The maximum Gasteiger partial charge on any atom is 0.408 e. The molecule has 4 amide bonds. The highest BCUT2D eigenvalue weighted by molar-refractivity contribution is 6.04. The number of nitrogens with zero attached hydrogens (tertiary/aromatic N) is 2. The smallest absolute Gasteiger partial charge is 0.408 e. The molecular weight excluding hydrogens is 330 g/mol. The van der Waals surface area contributed by atoms with Gasteiger partial charge in [0.15, 0.2) is 0 Å². The van der Waals surface area contributed by atoms with Crippen LogP contribution in [-0.4, -0.2) is 64.1 Å². The lowest BCUT2D eigenvalue weighted by Gasteiger charge is -2.44. The molecule has 2 saturated heterocycles. The van der Waals surface area contributed by atoms with Crippen LogP contribution in [0, 0.1) is 0 Å². The van der Waals surface area contributed by atoms with Crippen molar-refractivity contribution in [1.29, 1.82) is 0 Å². The quantitative estimate of drug-likeness (QED) is 0.762. The number of carboxylic acid groups (broad SMARTS) is 1. The summed E-state index contributed by atoms with van der Waals surface area (Å²) < 4.78 is 5.01. The molecule has 25 heavy (non-hydrogen) atoms. The van der Waals surface area contributed by atoms with E-state index < -0.39 is 36.1 Å². The van der Waals surface area contributed by atoms with Crippen LogP contribution in [0.3, 0.4) is 0 Å². The Balaban J connectivity index is 1.44. The summed E-state index contributed by atoms with van der Waals surface area (Å²) in [6.45, 7) is 0.377. The van der Waals surface area contributed by atoms with Gasteiger partial charge in [-0.15, -0.1) is 0 Å². The van der Waals surface area contributed by atoms with Gasteiger partial charge in [0.25, 0.3) is 5.91 Å². The molecule has 0 aromatic heterocycles. The third-order valence-corrected chi connectivity index (χ3v) is 4.22. The molecule has 9 nitrogen and oxygen atoms in total. The van der Waals surface area contributed by atoms with E-state index in [-0.39, 0.29) is 13.2 Å². The largest absolute Gasteiger partial charge is 0.480 e. The molecule has 0 spiro atoms. The maximum atomic E-state index is 12.1. The van der Waals surface area contributed by atoms with Gasteiger partial charge in [-0.1, -0.05) is 30.3 Å². The highest BCUT2D eigenvalue weighted by Gasteiger charge is 2.48. The second kappa shape index (κ2) is 6.80. The summed E-state index contributed by atoms with van der Waals surface area (Å²) in [6, 6.07) is 6.71. The van der Waals surface area contributed by atoms with Crippen LogP contribution in [0.1, 0.15) is 12.0 Å². The molecule has 2 aliphatic rings. The molecule has 2 heterocycles. The van der Waals surface area contributed by atoms with Crippen molar-refractivity contribution < 1.29 is 29.0 Å². The van der Waals surface area contributed by atoms with Crippen molar-refractivity contribution in [3.63, 3.8) is 0 Å². The first kappa shape index (κ1) is 16.7. The Bertz CT molecular complexity index is 707. The monoisotopic (exact) mass is 347 g/mol. The zero-order chi connectivity index (χ0) is 18.0. The second-order valence-electron chi connectivity index (χ2n) is 5.83. The van der Waals surface area contributed by atoms with E-state index in [4.69, 9.17) is 9.84 Å². The summed E-state index contributed by atoms with van der Waals surface area (Å²) in [6.07, 6.45) is -0.377. The summed E-state index contributed by atoms with van der Waals surface area (Å²) in [5.74, 6) is -1.66. The first-order chi connectivity index (χ1) is 12.0. The first-order valence-corrected chi connectivity index (χ1v) is 7.79. The van der Waals surface area contributed by atoms with E-state index >= 15 is 0 Å². The highest BCUT2D eigenvalue weighted by atomic mass is 16.5. The Hall–Kier alpha value is -3.10. The van der Waals surface area contributed by atoms with Gasteiger partial charge in [-0.2, -0.15) is 0 Å². The fourth-order valence-corrected chi connectivity index (χ4v) is 2.64. The van der Waals surface area contributed by atoms with E-state index in [1.54, 1.807) is 12.1 Å². The molecule has 1 aromatic rings. The average molecular weight is 347 g/mol. The number of alkyl carbamates (subject to hydrolysis) is 1. The predicted molar refractivity (Wildman–Crippen MR) is 83.4 cm³/mol. The van der Waals surface area contributed by atoms with Crippen LogP contribution in [0.15, 0.2) is 30.3 Å². The van der Waals surface area contributed by atoms with Crippen LogP contribution in [-0.2, 0) is 20.9 Å². The lowest BCUT2D eigenvalue weighted by molar-refractivity contribution is -0.149. The first-order valence-electron chi connectivity index (χ1n) is 7.79. The SMILES string of the molecule is O=C(N[C@H]1CN(C(=O)N2CCC2C(=O)O)C1=O)OCc1ccccc1. The van der Waals surface area contributed by atoms with Crippen molar-refractivity contribution >= 4 is 24.0 Å². The Morgan fingerprint density at radius 3 is 2.52 bits per heavy atom. The Morgan fingerprint density at radius 1 is 1.24 bits per heavy atom. The van der Waals surface area contributed by atoms with Crippen LogP contribution in [0.5, 0.6) is 0 Å². The molecule has 2 atom stereocenters. The van der Waals surface area contributed by atoms with Gasteiger partial charge in [0, 0.05) is 6.54 Å². The summed E-state index contributed by atoms with van der Waals surface area (Å²) >= 11 is 0. The normalized spacial score (nSPS) is 21.8. The number of carbonyl (C=O) groups is 4. The number of hydrogen-bond donors (Lipinski definition) is 2. The number of aliphatic carboxylic acids is 1. The molecule has 0 radical (unpaired) electrons. The Morgan fingerprint density at radius 2 is 1.96 bits per heavy atom. The number of imide groups is 1. The molecule has 2 aliphatic heterocycles. The molecule has 0 bridgehead atoms. The maximum absolute atomic E-state index is 12.1. The number of carboxylic acids is 1. The third-order valence-electron chi connectivity index (χ3n) is 4.22. The van der Waals surface area contributed by atoms with Crippen molar-refractivity contribution in [2.75, 3.05) is 13.1 Å². The molecule has 9 heteroatoms. The highest BCUT2D eigenvalue weighted by Crippen LogP contribution is 2.23. The van der Waals surface area contributed by atoms with Crippen LogP contribution >= 0.6 is 0 Å². The molecule has 2 N–H and O–H groups in total. The minimum Gasteiger partial charge on any atom is -0.480 e. The molecular formula is C16H17N3O6. The second-order valence-corrected chi connectivity index (χ2v) is 5.83.